The van der Waals surface area contributed by atoms with E-state index in [-0.39, 0.29) is 11.7 Å². The summed E-state index contributed by atoms with van der Waals surface area (Å²) in [4.78, 5) is 15.0. The molecule has 1 N–H and O–H groups in total. The lowest BCUT2D eigenvalue weighted by atomic mass is 9.75. The first-order valence-electron chi connectivity index (χ1n) is 9.21. The highest BCUT2D eigenvalue weighted by atomic mass is 16.1. The predicted octanol–water partition coefficient (Wildman–Crippen LogP) is 4.01. The van der Waals surface area contributed by atoms with Gasteiger partial charge in [0.2, 0.25) is 0 Å². The Morgan fingerprint density at radius 2 is 1.76 bits per heavy atom. The van der Waals surface area contributed by atoms with Crippen LogP contribution in [0.3, 0.4) is 0 Å². The number of benzene rings is 2. The average Bonchev–Trinajstić information content (AvgIpc) is 2.63. The van der Waals surface area contributed by atoms with Crippen LogP contribution in [0.25, 0.3) is 0 Å². The van der Waals surface area contributed by atoms with Crippen molar-refractivity contribution in [3.05, 3.63) is 66.2 Å². The van der Waals surface area contributed by atoms with E-state index < -0.39 is 5.54 Å². The third-order valence-corrected chi connectivity index (χ3v) is 5.52. The Balaban J connectivity index is 1.65. The fraction of sp³-hybridized carbons (Fsp3) is 0.409. The van der Waals surface area contributed by atoms with E-state index in [1.807, 2.05) is 30.3 Å². The summed E-state index contributed by atoms with van der Waals surface area (Å²) in [6.07, 6.45) is 1.92. The number of anilines is 1. The summed E-state index contributed by atoms with van der Waals surface area (Å²) in [6, 6.07) is 20.7. The Bertz CT molecular complexity index is 686. The molecule has 0 saturated carbocycles. The van der Waals surface area contributed by atoms with Gasteiger partial charge < -0.3 is 10.2 Å². The molecule has 0 aromatic heterocycles. The molecule has 1 aliphatic rings. The van der Waals surface area contributed by atoms with Crippen LogP contribution in [0.15, 0.2) is 60.7 Å². The Morgan fingerprint density at radius 3 is 2.36 bits per heavy atom. The molecule has 25 heavy (non-hydrogen) atoms. The third kappa shape index (κ3) is 4.10. The van der Waals surface area contributed by atoms with Crippen molar-refractivity contribution in [2.45, 2.75) is 32.2 Å². The summed E-state index contributed by atoms with van der Waals surface area (Å²) < 4.78 is 0. The molecule has 0 bridgehead atoms. The van der Waals surface area contributed by atoms with Crippen LogP contribution in [0, 0.1) is 5.92 Å². The SMILES string of the molecule is CC(=O)[C@@]1(Nc2ccccc2)CCN(CCc2ccccc2)C[C@@H]1C. The van der Waals surface area contributed by atoms with Crippen molar-refractivity contribution in [3.63, 3.8) is 0 Å². The van der Waals surface area contributed by atoms with Crippen molar-refractivity contribution in [2.24, 2.45) is 5.92 Å². The normalized spacial score (nSPS) is 24.0. The van der Waals surface area contributed by atoms with Gasteiger partial charge in [0, 0.05) is 25.3 Å². The standard InChI is InChI=1S/C22H28N2O/c1-18-17-24(15-13-20-9-5-3-6-10-20)16-14-22(18,19(2)25)23-21-11-7-4-8-12-21/h3-12,18,23H,13-17H2,1-2H3/t18-,22+/m0/s1. The molecule has 0 aliphatic carbocycles. The third-order valence-electron chi connectivity index (χ3n) is 5.52. The van der Waals surface area contributed by atoms with E-state index >= 15 is 0 Å². The molecular weight excluding hydrogens is 308 g/mol. The minimum absolute atomic E-state index is 0.242. The van der Waals surface area contributed by atoms with Crippen LogP contribution in [0.1, 0.15) is 25.8 Å². The lowest BCUT2D eigenvalue weighted by molar-refractivity contribution is -0.124. The molecule has 132 valence electrons. The summed E-state index contributed by atoms with van der Waals surface area (Å²) in [5.41, 5.74) is 1.95. The van der Waals surface area contributed by atoms with E-state index in [9.17, 15) is 4.79 Å². The Kier molecular flexibility index (Phi) is 5.54. The van der Waals surface area contributed by atoms with Gasteiger partial charge in [-0.05, 0) is 43.4 Å². The predicted molar refractivity (Wildman–Crippen MR) is 104 cm³/mol. The van der Waals surface area contributed by atoms with Crippen molar-refractivity contribution in [2.75, 3.05) is 25.0 Å². The number of hydrogen-bond acceptors (Lipinski definition) is 3. The number of rotatable bonds is 6. The van der Waals surface area contributed by atoms with Gasteiger partial charge in [-0.3, -0.25) is 4.79 Å². The van der Waals surface area contributed by atoms with E-state index in [4.69, 9.17) is 0 Å². The van der Waals surface area contributed by atoms with Crippen LogP contribution in [0.2, 0.25) is 0 Å². The second-order valence-electron chi connectivity index (χ2n) is 7.21. The summed E-state index contributed by atoms with van der Waals surface area (Å²) >= 11 is 0. The molecule has 0 unspecified atom stereocenters. The van der Waals surface area contributed by atoms with Gasteiger partial charge in [0.25, 0.3) is 0 Å². The highest BCUT2D eigenvalue weighted by Crippen LogP contribution is 2.32. The number of carbonyl (C=O) groups is 1. The average molecular weight is 336 g/mol. The van der Waals surface area contributed by atoms with Gasteiger partial charge in [0.15, 0.2) is 5.78 Å². The molecule has 0 amide bonds. The number of Topliss-reactive ketones (excluding diaryl/α,β-unsaturated/α-hetero) is 1. The minimum Gasteiger partial charge on any atom is -0.372 e. The van der Waals surface area contributed by atoms with Crippen molar-refractivity contribution < 1.29 is 4.79 Å². The molecule has 2 aromatic carbocycles. The molecule has 3 rings (SSSR count). The molecule has 0 spiro atoms. The number of piperidine rings is 1. The molecule has 1 fully saturated rings. The molecule has 0 radical (unpaired) electrons. The Labute approximate surface area is 151 Å². The molecule has 1 saturated heterocycles. The van der Waals surface area contributed by atoms with Crippen molar-refractivity contribution >= 4 is 11.5 Å². The highest BCUT2D eigenvalue weighted by molar-refractivity contribution is 5.89. The first-order valence-corrected chi connectivity index (χ1v) is 9.21. The second kappa shape index (κ2) is 7.83. The molecule has 2 aromatic rings. The lowest BCUT2D eigenvalue weighted by Crippen LogP contribution is -2.59. The largest absolute Gasteiger partial charge is 0.372 e. The number of nitrogens with one attached hydrogen (secondary N) is 1. The Morgan fingerprint density at radius 1 is 1.12 bits per heavy atom. The number of hydrogen-bond donors (Lipinski definition) is 1. The van der Waals surface area contributed by atoms with Gasteiger partial charge in [0.05, 0.1) is 0 Å². The van der Waals surface area contributed by atoms with Crippen LogP contribution in [-0.4, -0.2) is 35.9 Å². The van der Waals surface area contributed by atoms with Crippen molar-refractivity contribution in [3.8, 4) is 0 Å². The smallest absolute Gasteiger partial charge is 0.155 e. The van der Waals surface area contributed by atoms with Gasteiger partial charge in [0.1, 0.15) is 5.54 Å². The number of nitrogens with zero attached hydrogens (tertiary/aromatic N) is 1. The quantitative estimate of drug-likeness (QED) is 0.865. The summed E-state index contributed by atoms with van der Waals surface area (Å²) in [7, 11) is 0. The number of carbonyl (C=O) groups excluding carboxylic acids is 1. The second-order valence-corrected chi connectivity index (χ2v) is 7.21. The van der Waals surface area contributed by atoms with Crippen LogP contribution < -0.4 is 5.32 Å². The topological polar surface area (TPSA) is 32.3 Å². The summed E-state index contributed by atoms with van der Waals surface area (Å²) in [6.45, 7) is 6.88. The Hall–Kier alpha value is -2.13. The van der Waals surface area contributed by atoms with Gasteiger partial charge in [-0.2, -0.15) is 0 Å². The molecule has 1 heterocycles. The van der Waals surface area contributed by atoms with Crippen LogP contribution in [-0.2, 0) is 11.2 Å². The molecule has 1 aliphatic heterocycles. The zero-order valence-corrected chi connectivity index (χ0v) is 15.2. The van der Waals surface area contributed by atoms with E-state index in [1.165, 1.54) is 5.56 Å². The minimum atomic E-state index is -0.454. The molecular formula is C22H28N2O. The summed E-state index contributed by atoms with van der Waals surface area (Å²) in [5, 5.41) is 3.56. The maximum atomic E-state index is 12.5. The molecule has 2 atom stereocenters. The number of likely N-dealkylation sites (tertiary alicyclic amines) is 1. The zero-order valence-electron chi connectivity index (χ0n) is 15.2. The fourth-order valence-electron chi connectivity index (χ4n) is 3.93. The number of ketones is 1. The zero-order chi connectivity index (χ0) is 17.7. The van der Waals surface area contributed by atoms with Gasteiger partial charge >= 0.3 is 0 Å². The van der Waals surface area contributed by atoms with E-state index in [2.05, 4.69) is 47.5 Å². The van der Waals surface area contributed by atoms with Crippen molar-refractivity contribution in [1.82, 2.24) is 4.90 Å². The maximum absolute atomic E-state index is 12.5. The maximum Gasteiger partial charge on any atom is 0.155 e. The number of para-hydroxylation sites is 1. The lowest BCUT2D eigenvalue weighted by Gasteiger charge is -2.46. The van der Waals surface area contributed by atoms with E-state index in [0.29, 0.717) is 0 Å². The molecule has 3 heteroatoms. The van der Waals surface area contributed by atoms with Crippen LogP contribution in [0.5, 0.6) is 0 Å². The summed E-state index contributed by atoms with van der Waals surface area (Å²) in [5.74, 6) is 0.515. The van der Waals surface area contributed by atoms with Crippen LogP contribution in [0.4, 0.5) is 5.69 Å². The molecule has 3 nitrogen and oxygen atoms in total. The van der Waals surface area contributed by atoms with Crippen molar-refractivity contribution in [1.29, 1.82) is 0 Å². The van der Waals surface area contributed by atoms with Crippen LogP contribution >= 0.6 is 0 Å². The van der Waals surface area contributed by atoms with E-state index in [1.54, 1.807) is 6.92 Å². The fourth-order valence-corrected chi connectivity index (χ4v) is 3.93. The first kappa shape index (κ1) is 17.7. The first-order chi connectivity index (χ1) is 12.1. The monoisotopic (exact) mass is 336 g/mol. The van der Waals surface area contributed by atoms with Gasteiger partial charge in [-0.15, -0.1) is 0 Å². The van der Waals surface area contributed by atoms with E-state index in [0.717, 1.165) is 38.2 Å². The highest BCUT2D eigenvalue weighted by Gasteiger charge is 2.44. The van der Waals surface area contributed by atoms with Gasteiger partial charge in [-0.1, -0.05) is 55.5 Å². The van der Waals surface area contributed by atoms with Gasteiger partial charge in [-0.25, -0.2) is 0 Å².